The molecule has 2 aromatic carbocycles. The van der Waals surface area contributed by atoms with Gasteiger partial charge in [0.05, 0.1) is 0 Å². The van der Waals surface area contributed by atoms with E-state index in [1.807, 2.05) is 18.2 Å². The third-order valence-corrected chi connectivity index (χ3v) is 4.11. The number of carbonyl (C=O) groups excluding carboxylic acids is 1. The zero-order valence-corrected chi connectivity index (χ0v) is 14.2. The number of carbonyl (C=O) groups is 1. The molecule has 1 aliphatic heterocycles. The number of nitrogens with one attached hydrogen (secondary N) is 1. The van der Waals surface area contributed by atoms with Crippen LogP contribution in [0, 0.1) is 0 Å². The van der Waals surface area contributed by atoms with E-state index in [4.69, 9.17) is 9.47 Å². The number of aryl methyl sites for hydroxylation is 1. The Balaban J connectivity index is 1.54. The minimum atomic E-state index is -0.000357. The van der Waals surface area contributed by atoms with E-state index in [0.717, 1.165) is 17.9 Å². The van der Waals surface area contributed by atoms with Crippen molar-refractivity contribution in [2.24, 2.45) is 0 Å². The van der Waals surface area contributed by atoms with Crippen molar-refractivity contribution in [1.82, 2.24) is 0 Å². The second-order valence-electron chi connectivity index (χ2n) is 6.30. The Bertz CT molecular complexity index is 707. The fraction of sp³-hybridized carbons (Fsp3) is 0.350. The fourth-order valence-electron chi connectivity index (χ4n) is 2.67. The highest BCUT2D eigenvalue weighted by Gasteiger charge is 2.12. The average Bonchev–Trinajstić information content (AvgIpc) is 2.60. The summed E-state index contributed by atoms with van der Waals surface area (Å²) in [7, 11) is 0. The molecule has 0 radical (unpaired) electrons. The number of ether oxygens (including phenoxy) is 2. The van der Waals surface area contributed by atoms with Gasteiger partial charge in [0.1, 0.15) is 13.2 Å². The molecule has 4 heteroatoms. The molecule has 126 valence electrons. The first-order chi connectivity index (χ1) is 11.6. The van der Waals surface area contributed by atoms with E-state index in [1.54, 1.807) is 0 Å². The van der Waals surface area contributed by atoms with Crippen molar-refractivity contribution >= 4 is 11.6 Å². The quantitative estimate of drug-likeness (QED) is 0.898. The topological polar surface area (TPSA) is 47.6 Å². The lowest BCUT2D eigenvalue weighted by atomic mass is 10.0. The van der Waals surface area contributed by atoms with Gasteiger partial charge in [0.15, 0.2) is 11.5 Å². The lowest BCUT2D eigenvalue weighted by molar-refractivity contribution is -0.116. The van der Waals surface area contributed by atoms with Gasteiger partial charge in [0, 0.05) is 18.2 Å². The molecular formula is C20H23NO3. The predicted octanol–water partition coefficient (Wildman–Crippen LogP) is 4.15. The van der Waals surface area contributed by atoms with Crippen molar-refractivity contribution in [1.29, 1.82) is 0 Å². The number of rotatable bonds is 5. The van der Waals surface area contributed by atoms with E-state index in [0.29, 0.717) is 31.3 Å². The Morgan fingerprint density at radius 2 is 1.75 bits per heavy atom. The van der Waals surface area contributed by atoms with Crippen LogP contribution in [0.5, 0.6) is 11.5 Å². The van der Waals surface area contributed by atoms with Gasteiger partial charge in [0.25, 0.3) is 0 Å². The maximum absolute atomic E-state index is 12.1. The number of fused-ring (bicyclic) bond motifs is 1. The average molecular weight is 325 g/mol. The molecule has 0 unspecified atom stereocenters. The van der Waals surface area contributed by atoms with E-state index in [-0.39, 0.29) is 5.91 Å². The first-order valence-corrected chi connectivity index (χ1v) is 8.40. The van der Waals surface area contributed by atoms with Crippen LogP contribution in [0.15, 0.2) is 42.5 Å². The summed E-state index contributed by atoms with van der Waals surface area (Å²) in [6.07, 6.45) is 1.18. The van der Waals surface area contributed by atoms with Crippen LogP contribution < -0.4 is 14.8 Å². The van der Waals surface area contributed by atoms with E-state index in [2.05, 4.69) is 43.4 Å². The van der Waals surface area contributed by atoms with Gasteiger partial charge >= 0.3 is 0 Å². The maximum Gasteiger partial charge on any atom is 0.224 e. The van der Waals surface area contributed by atoms with Crippen molar-refractivity contribution in [2.45, 2.75) is 32.6 Å². The summed E-state index contributed by atoms with van der Waals surface area (Å²) in [5.74, 6) is 1.94. The van der Waals surface area contributed by atoms with E-state index >= 15 is 0 Å². The number of hydrogen-bond donors (Lipinski definition) is 1. The van der Waals surface area contributed by atoms with Gasteiger partial charge in [-0.2, -0.15) is 0 Å². The molecule has 2 aromatic rings. The molecule has 0 saturated heterocycles. The predicted molar refractivity (Wildman–Crippen MR) is 94.9 cm³/mol. The van der Waals surface area contributed by atoms with Gasteiger partial charge in [-0.05, 0) is 35.6 Å². The first kappa shape index (κ1) is 16.4. The highest BCUT2D eigenvalue weighted by molar-refractivity contribution is 5.91. The summed E-state index contributed by atoms with van der Waals surface area (Å²) < 4.78 is 11.0. The first-order valence-electron chi connectivity index (χ1n) is 8.40. The Hall–Kier alpha value is -2.49. The van der Waals surface area contributed by atoms with Crippen LogP contribution in [0.3, 0.4) is 0 Å². The van der Waals surface area contributed by atoms with Gasteiger partial charge in [-0.25, -0.2) is 0 Å². The van der Waals surface area contributed by atoms with Crippen molar-refractivity contribution in [2.75, 3.05) is 18.5 Å². The van der Waals surface area contributed by atoms with Crippen molar-refractivity contribution < 1.29 is 14.3 Å². The van der Waals surface area contributed by atoms with Gasteiger partial charge in [0.2, 0.25) is 5.91 Å². The Kier molecular flexibility index (Phi) is 5.04. The minimum absolute atomic E-state index is 0.000357. The zero-order valence-electron chi connectivity index (χ0n) is 14.2. The SMILES string of the molecule is CC(C)c1ccc(CCC(=O)Nc2ccc3c(c2)OCCO3)cc1. The molecule has 1 aliphatic rings. The Labute approximate surface area is 142 Å². The molecule has 3 rings (SSSR count). The summed E-state index contributed by atoms with van der Waals surface area (Å²) in [6, 6.07) is 14.0. The van der Waals surface area contributed by atoms with E-state index in [1.165, 1.54) is 11.1 Å². The molecule has 0 aliphatic carbocycles. The lowest BCUT2D eigenvalue weighted by Crippen LogP contribution is -2.16. The number of benzene rings is 2. The Morgan fingerprint density at radius 3 is 2.46 bits per heavy atom. The smallest absolute Gasteiger partial charge is 0.224 e. The van der Waals surface area contributed by atoms with Crippen LogP contribution in [0.4, 0.5) is 5.69 Å². The molecule has 1 N–H and O–H groups in total. The van der Waals surface area contributed by atoms with Gasteiger partial charge in [-0.15, -0.1) is 0 Å². The van der Waals surface area contributed by atoms with Crippen molar-refractivity contribution in [3.05, 3.63) is 53.6 Å². The van der Waals surface area contributed by atoms with Crippen molar-refractivity contribution in [3.63, 3.8) is 0 Å². The molecule has 0 spiro atoms. The summed E-state index contributed by atoms with van der Waals surface area (Å²) >= 11 is 0. The van der Waals surface area contributed by atoms with Crippen LogP contribution in [0.2, 0.25) is 0 Å². The van der Waals surface area contributed by atoms with Crippen molar-refractivity contribution in [3.8, 4) is 11.5 Å². The van der Waals surface area contributed by atoms with Crippen LogP contribution in [-0.4, -0.2) is 19.1 Å². The van der Waals surface area contributed by atoms with Crippen LogP contribution in [0.1, 0.15) is 37.3 Å². The number of anilines is 1. The Morgan fingerprint density at radius 1 is 1.04 bits per heavy atom. The molecule has 0 atom stereocenters. The van der Waals surface area contributed by atoms with Crippen LogP contribution >= 0.6 is 0 Å². The summed E-state index contributed by atoms with van der Waals surface area (Å²) in [5.41, 5.74) is 3.23. The van der Waals surface area contributed by atoms with Gasteiger partial charge in [-0.3, -0.25) is 4.79 Å². The fourth-order valence-corrected chi connectivity index (χ4v) is 2.67. The summed E-state index contributed by atoms with van der Waals surface area (Å²) in [4.78, 5) is 12.1. The molecule has 0 fully saturated rings. The van der Waals surface area contributed by atoms with Gasteiger partial charge in [-0.1, -0.05) is 38.1 Å². The minimum Gasteiger partial charge on any atom is -0.486 e. The maximum atomic E-state index is 12.1. The highest BCUT2D eigenvalue weighted by Crippen LogP contribution is 2.32. The number of hydrogen-bond acceptors (Lipinski definition) is 3. The normalized spacial score (nSPS) is 13.0. The molecule has 1 amide bonds. The summed E-state index contributed by atoms with van der Waals surface area (Å²) in [6.45, 7) is 5.46. The third-order valence-electron chi connectivity index (χ3n) is 4.11. The monoisotopic (exact) mass is 325 g/mol. The van der Waals surface area contributed by atoms with Gasteiger partial charge < -0.3 is 14.8 Å². The lowest BCUT2D eigenvalue weighted by Gasteiger charge is -2.19. The third kappa shape index (κ3) is 4.07. The van der Waals surface area contributed by atoms with Crippen LogP contribution in [0.25, 0.3) is 0 Å². The van der Waals surface area contributed by atoms with Crippen LogP contribution in [-0.2, 0) is 11.2 Å². The molecule has 1 heterocycles. The highest BCUT2D eigenvalue weighted by atomic mass is 16.6. The standard InChI is InChI=1S/C20H23NO3/c1-14(2)16-6-3-15(4-7-16)5-10-20(22)21-17-8-9-18-19(13-17)24-12-11-23-18/h3-4,6-9,13-14H,5,10-12H2,1-2H3,(H,21,22). The zero-order chi connectivity index (χ0) is 16.9. The molecule has 0 aromatic heterocycles. The molecular weight excluding hydrogens is 302 g/mol. The molecule has 0 saturated carbocycles. The van der Waals surface area contributed by atoms with E-state index in [9.17, 15) is 4.79 Å². The number of amides is 1. The van der Waals surface area contributed by atoms with E-state index < -0.39 is 0 Å². The second kappa shape index (κ2) is 7.39. The molecule has 0 bridgehead atoms. The second-order valence-corrected chi connectivity index (χ2v) is 6.30. The summed E-state index contributed by atoms with van der Waals surface area (Å²) in [5, 5.41) is 2.92. The molecule has 24 heavy (non-hydrogen) atoms. The molecule has 4 nitrogen and oxygen atoms in total. The largest absolute Gasteiger partial charge is 0.486 e.